The largest absolute Gasteiger partial charge is 0.417 e. The first-order chi connectivity index (χ1) is 9.69. The minimum atomic E-state index is -0.571. The summed E-state index contributed by atoms with van der Waals surface area (Å²) in [5.41, 5.74) is 1.10. The maximum Gasteiger partial charge on any atom is 0.417 e. The van der Waals surface area contributed by atoms with Gasteiger partial charge in [0.05, 0.1) is 23.4 Å². The van der Waals surface area contributed by atoms with Crippen LogP contribution in [0.2, 0.25) is 0 Å². The van der Waals surface area contributed by atoms with Gasteiger partial charge in [0.15, 0.2) is 5.58 Å². The van der Waals surface area contributed by atoms with E-state index < -0.39 is 11.6 Å². The summed E-state index contributed by atoms with van der Waals surface area (Å²) < 4.78 is 24.7. The van der Waals surface area contributed by atoms with Crippen LogP contribution in [0.15, 0.2) is 21.3 Å². The first-order valence-corrected chi connectivity index (χ1v) is 6.91. The molecule has 5 nitrogen and oxygen atoms in total. The molecule has 2 N–H and O–H groups in total. The second-order valence-corrected chi connectivity index (χ2v) is 5.59. The molecule has 0 aliphatic carbocycles. The van der Waals surface area contributed by atoms with Crippen molar-refractivity contribution < 1.29 is 13.5 Å². The van der Waals surface area contributed by atoms with E-state index in [9.17, 15) is 9.18 Å². The van der Waals surface area contributed by atoms with Crippen LogP contribution in [-0.4, -0.2) is 23.7 Å². The first-order valence-electron chi connectivity index (χ1n) is 6.91. The number of benzene rings is 1. The van der Waals surface area contributed by atoms with E-state index in [4.69, 9.17) is 9.15 Å². The highest BCUT2D eigenvalue weighted by Gasteiger charge is 2.40. The summed E-state index contributed by atoms with van der Waals surface area (Å²) in [5, 5.41) is 3.11. The van der Waals surface area contributed by atoms with Crippen molar-refractivity contribution in [2.24, 2.45) is 5.92 Å². The molecule has 106 valence electrons. The van der Waals surface area contributed by atoms with Gasteiger partial charge in [-0.3, -0.25) is 4.98 Å². The zero-order chi connectivity index (χ0) is 13.7. The molecule has 3 heterocycles. The van der Waals surface area contributed by atoms with E-state index >= 15 is 0 Å². The number of oxazole rings is 1. The first kappa shape index (κ1) is 12.0. The lowest BCUT2D eigenvalue weighted by atomic mass is 9.89. The van der Waals surface area contributed by atoms with Crippen LogP contribution < -0.4 is 11.1 Å². The summed E-state index contributed by atoms with van der Waals surface area (Å²) in [6.45, 7) is 0.679. The number of fused-ring (bicyclic) bond motifs is 3. The van der Waals surface area contributed by atoms with E-state index in [2.05, 4.69) is 10.3 Å². The Balaban J connectivity index is 1.53. The standard InChI is InChI=1S/C14H15FN2O3/c15-9-4-11-13(20-14(18)17-11)5-10(9)16-6-7-3-8-1-2-12(7)19-8/h4-5,7-8,12,16H,1-3,6H2,(H,17,18)/t7-,8-,12+/m0/s1. The van der Waals surface area contributed by atoms with Gasteiger partial charge < -0.3 is 14.5 Å². The van der Waals surface area contributed by atoms with Gasteiger partial charge in [-0.25, -0.2) is 9.18 Å². The van der Waals surface area contributed by atoms with Gasteiger partial charge in [-0.1, -0.05) is 0 Å². The van der Waals surface area contributed by atoms with Crippen LogP contribution in [0.25, 0.3) is 11.1 Å². The van der Waals surface area contributed by atoms with E-state index in [1.807, 2.05) is 0 Å². The molecule has 6 heteroatoms. The molecule has 20 heavy (non-hydrogen) atoms. The molecule has 3 atom stereocenters. The average Bonchev–Trinajstić information content (AvgIpc) is 3.09. The molecular formula is C14H15FN2O3. The van der Waals surface area contributed by atoms with Crippen LogP contribution in [0.1, 0.15) is 19.3 Å². The number of ether oxygens (including phenoxy) is 1. The van der Waals surface area contributed by atoms with Crippen LogP contribution >= 0.6 is 0 Å². The highest BCUT2D eigenvalue weighted by molar-refractivity contribution is 5.77. The number of rotatable bonds is 3. The summed E-state index contributed by atoms with van der Waals surface area (Å²) in [6, 6.07) is 2.80. The fourth-order valence-electron chi connectivity index (χ4n) is 3.31. The molecule has 1 aromatic carbocycles. The summed E-state index contributed by atoms with van der Waals surface area (Å²) >= 11 is 0. The number of hydrogen-bond donors (Lipinski definition) is 2. The molecule has 2 aromatic rings. The molecular weight excluding hydrogens is 263 g/mol. The molecule has 4 rings (SSSR count). The van der Waals surface area contributed by atoms with Crippen molar-refractivity contribution in [1.29, 1.82) is 0 Å². The van der Waals surface area contributed by atoms with Crippen molar-refractivity contribution in [2.45, 2.75) is 31.5 Å². The van der Waals surface area contributed by atoms with E-state index in [1.165, 1.54) is 12.1 Å². The Labute approximate surface area is 114 Å². The average molecular weight is 278 g/mol. The topological polar surface area (TPSA) is 67.3 Å². The Bertz CT molecular complexity index is 708. The minimum absolute atomic E-state index is 0.310. The number of halogens is 1. The Morgan fingerprint density at radius 1 is 1.40 bits per heavy atom. The lowest BCUT2D eigenvalue weighted by molar-refractivity contribution is 0.0941. The van der Waals surface area contributed by atoms with Gasteiger partial charge in [-0.15, -0.1) is 0 Å². The van der Waals surface area contributed by atoms with Crippen LogP contribution in [0.4, 0.5) is 10.1 Å². The maximum absolute atomic E-state index is 13.9. The summed E-state index contributed by atoms with van der Waals surface area (Å²) in [5.74, 6) is -0.529. The monoisotopic (exact) mass is 278 g/mol. The van der Waals surface area contributed by atoms with Crippen molar-refractivity contribution in [3.8, 4) is 0 Å². The number of nitrogens with one attached hydrogen (secondary N) is 2. The van der Waals surface area contributed by atoms with E-state index in [0.717, 1.165) is 19.3 Å². The third-order valence-electron chi connectivity index (χ3n) is 4.30. The van der Waals surface area contributed by atoms with Crippen molar-refractivity contribution in [3.05, 3.63) is 28.5 Å². The number of aromatic nitrogens is 1. The highest BCUT2D eigenvalue weighted by Crippen LogP contribution is 2.38. The molecule has 0 saturated carbocycles. The molecule has 0 amide bonds. The van der Waals surface area contributed by atoms with Gasteiger partial charge >= 0.3 is 5.76 Å². The summed E-state index contributed by atoms with van der Waals surface area (Å²) in [7, 11) is 0. The van der Waals surface area contributed by atoms with E-state index in [0.29, 0.717) is 41.5 Å². The zero-order valence-corrected chi connectivity index (χ0v) is 10.8. The normalized spacial score (nSPS) is 28.4. The van der Waals surface area contributed by atoms with E-state index in [-0.39, 0.29) is 0 Å². The highest BCUT2D eigenvalue weighted by atomic mass is 19.1. The van der Waals surface area contributed by atoms with Crippen molar-refractivity contribution in [1.82, 2.24) is 4.98 Å². The van der Waals surface area contributed by atoms with Gasteiger partial charge in [0.25, 0.3) is 0 Å². The van der Waals surface area contributed by atoms with Crippen molar-refractivity contribution in [3.63, 3.8) is 0 Å². The molecule has 0 radical (unpaired) electrons. The molecule has 0 spiro atoms. The quantitative estimate of drug-likeness (QED) is 0.903. The Hall–Kier alpha value is -1.82. The maximum atomic E-state index is 13.9. The Morgan fingerprint density at radius 2 is 2.30 bits per heavy atom. The molecule has 0 unspecified atom stereocenters. The summed E-state index contributed by atoms with van der Waals surface area (Å²) in [6.07, 6.45) is 3.99. The molecule has 2 saturated heterocycles. The van der Waals surface area contributed by atoms with Gasteiger partial charge in [0, 0.05) is 24.6 Å². The molecule has 2 bridgehead atoms. The Kier molecular flexibility index (Phi) is 2.60. The van der Waals surface area contributed by atoms with Gasteiger partial charge in [-0.05, 0) is 19.3 Å². The smallest absolute Gasteiger partial charge is 0.408 e. The van der Waals surface area contributed by atoms with Gasteiger partial charge in [0.2, 0.25) is 0 Å². The van der Waals surface area contributed by atoms with Crippen LogP contribution in [0, 0.1) is 11.7 Å². The second-order valence-electron chi connectivity index (χ2n) is 5.59. The van der Waals surface area contributed by atoms with Crippen molar-refractivity contribution >= 4 is 16.8 Å². The van der Waals surface area contributed by atoms with Gasteiger partial charge in [-0.2, -0.15) is 0 Å². The molecule has 1 aromatic heterocycles. The lowest BCUT2D eigenvalue weighted by Crippen LogP contribution is -2.24. The van der Waals surface area contributed by atoms with Gasteiger partial charge in [0.1, 0.15) is 5.82 Å². The number of anilines is 1. The fourth-order valence-corrected chi connectivity index (χ4v) is 3.31. The minimum Gasteiger partial charge on any atom is -0.408 e. The van der Waals surface area contributed by atoms with Crippen LogP contribution in [-0.2, 0) is 4.74 Å². The summed E-state index contributed by atoms with van der Waals surface area (Å²) in [4.78, 5) is 13.5. The predicted octanol–water partition coefficient (Wildman–Crippen LogP) is 2.24. The Morgan fingerprint density at radius 3 is 3.05 bits per heavy atom. The predicted molar refractivity (Wildman–Crippen MR) is 71.3 cm³/mol. The fraction of sp³-hybridized carbons (Fsp3) is 0.500. The number of H-pyrrole nitrogens is 1. The van der Waals surface area contributed by atoms with Crippen LogP contribution in [0.5, 0.6) is 0 Å². The SMILES string of the molecule is O=c1[nH]c2cc(F)c(NC[C@@H]3C[C@@H]4CC[C@H]3O4)cc2o1. The molecule has 2 fully saturated rings. The van der Waals surface area contributed by atoms with Crippen molar-refractivity contribution in [2.75, 3.05) is 11.9 Å². The zero-order valence-electron chi connectivity index (χ0n) is 10.8. The number of aromatic amines is 1. The molecule has 2 aliphatic rings. The third kappa shape index (κ3) is 1.91. The third-order valence-corrected chi connectivity index (χ3v) is 4.30. The van der Waals surface area contributed by atoms with E-state index in [1.54, 1.807) is 0 Å². The lowest BCUT2D eigenvalue weighted by Gasteiger charge is -2.19. The number of hydrogen-bond acceptors (Lipinski definition) is 4. The van der Waals surface area contributed by atoms with Crippen LogP contribution in [0.3, 0.4) is 0 Å². The molecule has 2 aliphatic heterocycles. The second kappa shape index (κ2) is 4.34.